The fraction of sp³-hybridized carbons (Fsp3) is 0.303. The highest BCUT2D eigenvalue weighted by Gasteiger charge is 2.32. The molecule has 1 heterocycles. The van der Waals surface area contributed by atoms with Gasteiger partial charge >= 0.3 is 0 Å². The van der Waals surface area contributed by atoms with Gasteiger partial charge in [-0.3, -0.25) is 5.41 Å². The van der Waals surface area contributed by atoms with Gasteiger partial charge in [0.1, 0.15) is 0 Å². The van der Waals surface area contributed by atoms with Gasteiger partial charge in [0, 0.05) is 16.7 Å². The molecule has 1 aliphatic heterocycles. The molecule has 1 atom stereocenters. The van der Waals surface area contributed by atoms with E-state index in [1.807, 2.05) is 25.1 Å². The van der Waals surface area contributed by atoms with Gasteiger partial charge in [-0.2, -0.15) is 5.26 Å². The Labute approximate surface area is 215 Å². The summed E-state index contributed by atoms with van der Waals surface area (Å²) in [7, 11) is 0. The molecule has 36 heavy (non-hydrogen) atoms. The van der Waals surface area contributed by atoms with Crippen molar-refractivity contribution in [1.82, 2.24) is 0 Å². The number of hydrogen-bond acceptors (Lipinski definition) is 3. The number of benzene rings is 3. The summed E-state index contributed by atoms with van der Waals surface area (Å²) in [5.41, 5.74) is 11.9. The minimum Gasteiger partial charge on any atom is -0.298 e. The van der Waals surface area contributed by atoms with Crippen LogP contribution in [0.3, 0.4) is 0 Å². The van der Waals surface area contributed by atoms with E-state index in [0.717, 1.165) is 57.5 Å². The predicted molar refractivity (Wildman–Crippen MR) is 151 cm³/mol. The molecule has 0 saturated heterocycles. The van der Waals surface area contributed by atoms with Crippen molar-refractivity contribution in [1.29, 1.82) is 10.7 Å². The minimum atomic E-state index is -0.173. The average molecular weight is 474 g/mol. The van der Waals surface area contributed by atoms with Crippen LogP contribution >= 0.6 is 0 Å². The minimum absolute atomic E-state index is 0.173. The second-order valence-corrected chi connectivity index (χ2v) is 10.5. The monoisotopic (exact) mass is 473 g/mol. The molecule has 3 heteroatoms. The molecular weight excluding hydrogens is 438 g/mol. The van der Waals surface area contributed by atoms with Crippen LogP contribution < -0.4 is 0 Å². The van der Waals surface area contributed by atoms with Crippen LogP contribution in [0.5, 0.6) is 0 Å². The number of aliphatic imine (C=N–C) groups is 1. The molecule has 0 aliphatic carbocycles. The van der Waals surface area contributed by atoms with Crippen molar-refractivity contribution >= 4 is 17.1 Å². The number of nitrogens with one attached hydrogen (secondary N) is 1. The van der Waals surface area contributed by atoms with Crippen molar-refractivity contribution in [3.8, 4) is 6.07 Å². The Hall–Kier alpha value is -3.77. The first kappa shape index (κ1) is 25.3. The van der Waals surface area contributed by atoms with Gasteiger partial charge < -0.3 is 0 Å². The van der Waals surface area contributed by atoms with E-state index in [1.165, 1.54) is 11.1 Å². The normalized spacial score (nSPS) is 20.7. The van der Waals surface area contributed by atoms with Crippen LogP contribution in [0.25, 0.3) is 5.70 Å². The van der Waals surface area contributed by atoms with Crippen molar-refractivity contribution in [2.75, 3.05) is 0 Å². The lowest BCUT2D eigenvalue weighted by Crippen LogP contribution is -2.27. The number of rotatable bonds is 3. The summed E-state index contributed by atoms with van der Waals surface area (Å²) in [4.78, 5) is 5.23. The van der Waals surface area contributed by atoms with E-state index in [0.29, 0.717) is 17.0 Å². The summed E-state index contributed by atoms with van der Waals surface area (Å²) in [5.74, 6) is 0. The molecule has 3 nitrogen and oxygen atoms in total. The first-order valence-corrected chi connectivity index (χ1v) is 12.7. The highest BCUT2D eigenvalue weighted by atomic mass is 14.8. The van der Waals surface area contributed by atoms with Gasteiger partial charge in [0.25, 0.3) is 0 Å². The van der Waals surface area contributed by atoms with E-state index in [-0.39, 0.29) is 5.41 Å². The summed E-state index contributed by atoms with van der Waals surface area (Å²) in [6.45, 7) is 15.0. The summed E-state index contributed by atoms with van der Waals surface area (Å²) < 4.78 is 0. The zero-order chi connectivity index (χ0) is 26.2. The number of hydrogen-bond donors (Lipinski definition) is 1. The standard InChI is InChI=1S/C33H35N3/c1-8-33(7)13-12-28(29-23(5)10-9-11-25(29)19-34)36-32(26-16-20(2)14-21(3)17-26)31(35)27-18-22(4)15-24(6)30(27)33/h9-12,14-18,35H,8,13H2,1-7H3/b28-12-,35-31?,36-32-/t33-/m1/s1. The summed E-state index contributed by atoms with van der Waals surface area (Å²) in [5, 5.41) is 19.5. The molecule has 3 aromatic carbocycles. The number of nitrogens with zero attached hydrogens (tertiary/aromatic N) is 2. The number of allylic oxidation sites excluding steroid dienone is 1. The molecule has 182 valence electrons. The van der Waals surface area contributed by atoms with Gasteiger partial charge in [0.05, 0.1) is 28.8 Å². The van der Waals surface area contributed by atoms with E-state index in [2.05, 4.69) is 84.0 Å². The SMILES string of the molecule is CC[C@]1(C)C/C=C(c2c(C)cccc2C#N)\N=C(\c2cc(C)cc(C)c2)C(=N)c2cc(C)cc(C)c21. The molecule has 1 aliphatic rings. The highest BCUT2D eigenvalue weighted by molar-refractivity contribution is 6.53. The third kappa shape index (κ3) is 4.56. The van der Waals surface area contributed by atoms with Crippen LogP contribution in [-0.2, 0) is 5.41 Å². The molecule has 0 spiro atoms. The molecule has 0 fully saturated rings. The maximum absolute atomic E-state index is 9.95. The second-order valence-electron chi connectivity index (χ2n) is 10.5. The Bertz CT molecular complexity index is 1460. The van der Waals surface area contributed by atoms with E-state index in [4.69, 9.17) is 4.99 Å². The quantitative estimate of drug-likeness (QED) is 0.411. The van der Waals surface area contributed by atoms with E-state index in [9.17, 15) is 10.7 Å². The molecule has 0 unspecified atom stereocenters. The Morgan fingerprint density at radius 2 is 1.61 bits per heavy atom. The van der Waals surface area contributed by atoms with Gasteiger partial charge in [0.2, 0.25) is 0 Å². The second kappa shape index (κ2) is 9.70. The Morgan fingerprint density at radius 1 is 0.944 bits per heavy atom. The van der Waals surface area contributed by atoms with Crippen LogP contribution in [0.4, 0.5) is 0 Å². The third-order valence-electron chi connectivity index (χ3n) is 7.49. The lowest BCUT2D eigenvalue weighted by atomic mass is 9.71. The molecule has 0 radical (unpaired) electrons. The Kier molecular flexibility index (Phi) is 6.83. The molecule has 0 aromatic heterocycles. The molecule has 0 bridgehead atoms. The van der Waals surface area contributed by atoms with E-state index >= 15 is 0 Å². The van der Waals surface area contributed by atoms with E-state index < -0.39 is 0 Å². The zero-order valence-electron chi connectivity index (χ0n) is 22.5. The van der Waals surface area contributed by atoms with E-state index in [1.54, 1.807) is 0 Å². The highest BCUT2D eigenvalue weighted by Crippen LogP contribution is 2.40. The zero-order valence-corrected chi connectivity index (χ0v) is 22.5. The maximum Gasteiger partial charge on any atom is 0.0998 e. The molecule has 0 amide bonds. The van der Waals surface area contributed by atoms with Crippen molar-refractivity contribution in [3.63, 3.8) is 0 Å². The van der Waals surface area contributed by atoms with Gasteiger partial charge in [-0.15, -0.1) is 0 Å². The largest absolute Gasteiger partial charge is 0.298 e. The summed E-state index contributed by atoms with van der Waals surface area (Å²) in [6.07, 6.45) is 3.89. The van der Waals surface area contributed by atoms with Gasteiger partial charge in [0.15, 0.2) is 0 Å². The predicted octanol–water partition coefficient (Wildman–Crippen LogP) is 8.07. The lowest BCUT2D eigenvalue weighted by molar-refractivity contribution is 0.458. The van der Waals surface area contributed by atoms with Crippen LogP contribution in [0.1, 0.15) is 82.3 Å². The van der Waals surface area contributed by atoms with Crippen LogP contribution in [0, 0.1) is 51.4 Å². The molecular formula is C33H35N3. The van der Waals surface area contributed by atoms with Gasteiger partial charge in [-0.1, -0.05) is 60.9 Å². The van der Waals surface area contributed by atoms with Crippen molar-refractivity contribution in [2.45, 2.75) is 66.7 Å². The fourth-order valence-electron chi connectivity index (χ4n) is 5.64. The average Bonchev–Trinajstić information content (AvgIpc) is 2.86. The van der Waals surface area contributed by atoms with Crippen LogP contribution in [-0.4, -0.2) is 11.4 Å². The lowest BCUT2D eigenvalue weighted by Gasteiger charge is -2.32. The Balaban J connectivity index is 2.13. The number of fused-ring (bicyclic) bond motifs is 1. The fourth-order valence-corrected chi connectivity index (χ4v) is 5.64. The van der Waals surface area contributed by atoms with Crippen LogP contribution in [0.2, 0.25) is 0 Å². The number of nitriles is 1. The Morgan fingerprint density at radius 3 is 2.25 bits per heavy atom. The first-order chi connectivity index (χ1) is 17.1. The number of aryl methyl sites for hydroxylation is 5. The van der Waals surface area contributed by atoms with Crippen LogP contribution in [0.15, 0.2) is 59.6 Å². The van der Waals surface area contributed by atoms with Crippen molar-refractivity contribution in [3.05, 3.63) is 110 Å². The van der Waals surface area contributed by atoms with Gasteiger partial charge in [-0.05, 0) is 93.8 Å². The summed E-state index contributed by atoms with van der Waals surface area (Å²) >= 11 is 0. The third-order valence-corrected chi connectivity index (χ3v) is 7.49. The topological polar surface area (TPSA) is 60.0 Å². The maximum atomic E-state index is 9.95. The molecule has 0 saturated carbocycles. The first-order valence-electron chi connectivity index (χ1n) is 12.7. The van der Waals surface area contributed by atoms with Crippen molar-refractivity contribution in [2.24, 2.45) is 4.99 Å². The smallest absolute Gasteiger partial charge is 0.0998 e. The summed E-state index contributed by atoms with van der Waals surface area (Å²) in [6, 6.07) is 18.9. The van der Waals surface area contributed by atoms with Gasteiger partial charge in [-0.25, -0.2) is 4.99 Å². The molecule has 3 aromatic rings. The van der Waals surface area contributed by atoms with Crippen molar-refractivity contribution < 1.29 is 0 Å². The molecule has 1 N–H and O–H groups in total. The molecule has 4 rings (SSSR count).